The Kier molecular flexibility index (Phi) is 4.69. The molecule has 0 aromatic heterocycles. The molecule has 0 aromatic carbocycles. The van der Waals surface area contributed by atoms with Crippen LogP contribution in [0.25, 0.3) is 0 Å². The largest absolute Gasteiger partial charge is 0.393 e. The zero-order chi connectivity index (χ0) is 17.6. The molecule has 0 spiro atoms. The second-order valence-corrected chi connectivity index (χ2v) is 8.60. The van der Waals surface area contributed by atoms with Gasteiger partial charge in [0.2, 0.25) is 0 Å². The normalized spacial score (nSPS) is 43.3. The van der Waals surface area contributed by atoms with Gasteiger partial charge >= 0.3 is 0 Å². The summed E-state index contributed by atoms with van der Waals surface area (Å²) in [6.07, 6.45) is 5.57. The topological polar surface area (TPSA) is 57.5 Å². The second kappa shape index (κ2) is 5.86. The SMILES string of the molecule is C=CC(C)(O)CC[C@]1(C)[C@H](C)[C@@H](O)C[C@@]2(C)C(C)=CC(=O)C[C@H]12. The van der Waals surface area contributed by atoms with E-state index in [0.717, 1.165) is 12.0 Å². The van der Waals surface area contributed by atoms with Gasteiger partial charge in [0.05, 0.1) is 11.7 Å². The average molecular weight is 320 g/mol. The zero-order valence-electron chi connectivity index (χ0n) is 15.2. The molecule has 130 valence electrons. The Labute approximate surface area is 140 Å². The van der Waals surface area contributed by atoms with E-state index < -0.39 is 5.60 Å². The molecule has 1 fully saturated rings. The summed E-state index contributed by atoms with van der Waals surface area (Å²) in [6, 6.07) is 0. The van der Waals surface area contributed by atoms with E-state index in [1.165, 1.54) is 0 Å². The van der Waals surface area contributed by atoms with Crippen molar-refractivity contribution in [1.82, 2.24) is 0 Å². The van der Waals surface area contributed by atoms with Crippen LogP contribution < -0.4 is 0 Å². The first-order chi connectivity index (χ1) is 10.5. The predicted molar refractivity (Wildman–Crippen MR) is 92.9 cm³/mol. The summed E-state index contributed by atoms with van der Waals surface area (Å²) >= 11 is 0. The zero-order valence-corrected chi connectivity index (χ0v) is 15.2. The predicted octanol–water partition coefficient (Wildman–Crippen LogP) is 3.65. The van der Waals surface area contributed by atoms with Gasteiger partial charge in [-0.25, -0.2) is 0 Å². The first-order valence-electron chi connectivity index (χ1n) is 8.72. The van der Waals surface area contributed by atoms with Crippen molar-refractivity contribution in [2.45, 2.75) is 72.0 Å². The van der Waals surface area contributed by atoms with Crippen LogP contribution in [-0.4, -0.2) is 27.7 Å². The lowest BCUT2D eigenvalue weighted by molar-refractivity contribution is -0.138. The van der Waals surface area contributed by atoms with Crippen LogP contribution in [0.4, 0.5) is 0 Å². The first kappa shape index (κ1) is 18.4. The third-order valence-electron chi connectivity index (χ3n) is 7.11. The third kappa shape index (κ3) is 3.06. The number of carbonyl (C=O) groups excluding carboxylic acids is 1. The van der Waals surface area contributed by atoms with Crippen molar-refractivity contribution >= 4 is 5.78 Å². The van der Waals surface area contributed by atoms with E-state index in [1.807, 2.05) is 6.92 Å². The summed E-state index contributed by atoms with van der Waals surface area (Å²) < 4.78 is 0. The van der Waals surface area contributed by atoms with Gasteiger partial charge in [0, 0.05) is 6.42 Å². The molecule has 0 aliphatic heterocycles. The van der Waals surface area contributed by atoms with E-state index in [2.05, 4.69) is 27.4 Å². The Morgan fingerprint density at radius 1 is 1.48 bits per heavy atom. The monoisotopic (exact) mass is 320 g/mol. The highest BCUT2D eigenvalue weighted by Gasteiger charge is 2.57. The summed E-state index contributed by atoms with van der Waals surface area (Å²) in [6.45, 7) is 14.0. The minimum absolute atomic E-state index is 0.0971. The second-order valence-electron chi connectivity index (χ2n) is 8.60. The summed E-state index contributed by atoms with van der Waals surface area (Å²) in [5.74, 6) is 0.488. The number of fused-ring (bicyclic) bond motifs is 1. The van der Waals surface area contributed by atoms with E-state index in [0.29, 0.717) is 19.3 Å². The van der Waals surface area contributed by atoms with Crippen molar-refractivity contribution in [3.63, 3.8) is 0 Å². The van der Waals surface area contributed by atoms with Crippen molar-refractivity contribution in [2.24, 2.45) is 22.7 Å². The maximum atomic E-state index is 12.2. The van der Waals surface area contributed by atoms with Gasteiger partial charge in [-0.3, -0.25) is 4.79 Å². The number of allylic oxidation sites excluding steroid dienone is 2. The van der Waals surface area contributed by atoms with E-state index in [1.54, 1.807) is 19.1 Å². The number of rotatable bonds is 4. The smallest absolute Gasteiger partial charge is 0.155 e. The van der Waals surface area contributed by atoms with Crippen molar-refractivity contribution in [3.8, 4) is 0 Å². The van der Waals surface area contributed by atoms with Crippen molar-refractivity contribution in [3.05, 3.63) is 24.3 Å². The van der Waals surface area contributed by atoms with Gasteiger partial charge < -0.3 is 10.2 Å². The molecule has 2 rings (SSSR count). The Morgan fingerprint density at radius 3 is 2.65 bits per heavy atom. The summed E-state index contributed by atoms with van der Waals surface area (Å²) in [7, 11) is 0. The van der Waals surface area contributed by atoms with E-state index >= 15 is 0 Å². The maximum absolute atomic E-state index is 12.2. The molecule has 0 bridgehead atoms. The number of hydrogen-bond donors (Lipinski definition) is 2. The van der Waals surface area contributed by atoms with Gasteiger partial charge in [0.25, 0.3) is 0 Å². The molecule has 1 saturated carbocycles. The number of ketones is 1. The molecule has 23 heavy (non-hydrogen) atoms. The first-order valence-corrected chi connectivity index (χ1v) is 8.72. The molecule has 2 aliphatic carbocycles. The fourth-order valence-corrected chi connectivity index (χ4v) is 4.83. The highest BCUT2D eigenvalue weighted by molar-refractivity contribution is 5.92. The van der Waals surface area contributed by atoms with Crippen LogP contribution in [0.1, 0.15) is 60.3 Å². The molecular weight excluding hydrogens is 288 g/mol. The van der Waals surface area contributed by atoms with Gasteiger partial charge in [0.1, 0.15) is 0 Å². The Balaban J connectivity index is 2.40. The molecule has 2 N–H and O–H groups in total. The van der Waals surface area contributed by atoms with Gasteiger partial charge in [-0.2, -0.15) is 0 Å². The molecule has 2 aliphatic rings. The molecule has 0 radical (unpaired) electrons. The van der Waals surface area contributed by atoms with Crippen LogP contribution in [0.2, 0.25) is 0 Å². The third-order valence-corrected chi connectivity index (χ3v) is 7.11. The van der Waals surface area contributed by atoms with Crippen molar-refractivity contribution < 1.29 is 15.0 Å². The standard InChI is InChI=1S/C20H32O3/c1-7-18(4,23)8-9-19(5)14(3)16(22)12-20(6)13(2)10-15(21)11-17(19)20/h7,10,14,16-17,22-23H,1,8-9,11-12H2,2-6H3/t14-,16+,17-,18?,19-,20+/m1/s1. The van der Waals surface area contributed by atoms with E-state index in [-0.39, 0.29) is 34.6 Å². The van der Waals surface area contributed by atoms with Crippen LogP contribution in [0.15, 0.2) is 24.3 Å². The van der Waals surface area contributed by atoms with Gasteiger partial charge in [-0.15, -0.1) is 6.58 Å². The van der Waals surface area contributed by atoms with E-state index in [9.17, 15) is 15.0 Å². The molecule has 1 unspecified atom stereocenters. The van der Waals surface area contributed by atoms with Crippen molar-refractivity contribution in [1.29, 1.82) is 0 Å². The molecule has 3 heteroatoms. The Bertz CT molecular complexity index is 533. The van der Waals surface area contributed by atoms with E-state index in [4.69, 9.17) is 0 Å². The van der Waals surface area contributed by atoms with Crippen LogP contribution in [-0.2, 0) is 4.79 Å². The lowest BCUT2D eigenvalue weighted by atomic mass is 9.46. The fourth-order valence-electron chi connectivity index (χ4n) is 4.83. The summed E-state index contributed by atoms with van der Waals surface area (Å²) in [5.41, 5.74) is -0.156. The minimum atomic E-state index is -0.912. The molecule has 3 nitrogen and oxygen atoms in total. The van der Waals surface area contributed by atoms with Crippen LogP contribution >= 0.6 is 0 Å². The number of carbonyl (C=O) groups is 1. The quantitative estimate of drug-likeness (QED) is 0.777. The molecule has 0 aromatic rings. The molecule has 6 atom stereocenters. The molecule has 0 saturated heterocycles. The molecule has 0 amide bonds. The van der Waals surface area contributed by atoms with Gasteiger partial charge in [-0.05, 0) is 61.9 Å². The van der Waals surface area contributed by atoms with Gasteiger partial charge in [0.15, 0.2) is 5.78 Å². The molecular formula is C20H32O3. The average Bonchev–Trinajstić information content (AvgIpc) is 2.47. The Morgan fingerprint density at radius 2 is 2.09 bits per heavy atom. The number of hydrogen-bond acceptors (Lipinski definition) is 3. The number of aliphatic hydroxyl groups excluding tert-OH is 1. The van der Waals surface area contributed by atoms with Gasteiger partial charge in [-0.1, -0.05) is 32.4 Å². The van der Waals surface area contributed by atoms with Crippen LogP contribution in [0, 0.1) is 22.7 Å². The maximum Gasteiger partial charge on any atom is 0.155 e. The molecule has 0 heterocycles. The minimum Gasteiger partial charge on any atom is -0.393 e. The fraction of sp³-hybridized carbons (Fsp3) is 0.750. The van der Waals surface area contributed by atoms with Crippen molar-refractivity contribution in [2.75, 3.05) is 0 Å². The highest BCUT2D eigenvalue weighted by atomic mass is 16.3. The lowest BCUT2D eigenvalue weighted by Crippen LogP contribution is -2.56. The highest BCUT2D eigenvalue weighted by Crippen LogP contribution is 2.61. The summed E-state index contributed by atoms with van der Waals surface area (Å²) in [4.78, 5) is 12.2. The van der Waals surface area contributed by atoms with Crippen LogP contribution in [0.5, 0.6) is 0 Å². The number of aliphatic hydroxyl groups is 2. The van der Waals surface area contributed by atoms with Crippen LogP contribution in [0.3, 0.4) is 0 Å². The summed E-state index contributed by atoms with van der Waals surface area (Å²) in [5, 5.41) is 21.0. The Hall–Kier alpha value is -0.930. The lowest BCUT2D eigenvalue weighted by Gasteiger charge is -2.59.